The monoisotopic (exact) mass is 340 g/mol. The van der Waals surface area contributed by atoms with Crippen LogP contribution >= 0.6 is 0 Å². The molecule has 25 heavy (non-hydrogen) atoms. The van der Waals surface area contributed by atoms with E-state index in [1.54, 1.807) is 13.3 Å². The van der Waals surface area contributed by atoms with Crippen LogP contribution in [0.2, 0.25) is 0 Å². The molecular weight excluding hydrogens is 316 g/mol. The van der Waals surface area contributed by atoms with Gasteiger partial charge in [-0.3, -0.25) is 4.98 Å². The summed E-state index contributed by atoms with van der Waals surface area (Å²) in [5.74, 6) is 1.44. The molecular formula is C20H24N2O3. The van der Waals surface area contributed by atoms with Crippen molar-refractivity contribution in [1.29, 1.82) is 0 Å². The molecule has 5 nitrogen and oxygen atoms in total. The van der Waals surface area contributed by atoms with Crippen LogP contribution in [-0.4, -0.2) is 41.0 Å². The summed E-state index contributed by atoms with van der Waals surface area (Å²) in [5.41, 5.74) is 1.57. The Balaban J connectivity index is 1.73. The van der Waals surface area contributed by atoms with Gasteiger partial charge in [0.2, 0.25) is 0 Å². The number of benzene rings is 1. The third-order valence-corrected chi connectivity index (χ3v) is 6.12. The highest BCUT2D eigenvalue weighted by molar-refractivity contribution is 5.83. The minimum absolute atomic E-state index is 0.268. The lowest BCUT2D eigenvalue weighted by Gasteiger charge is -2.61. The first-order valence-corrected chi connectivity index (χ1v) is 8.87. The number of aromatic nitrogens is 1. The standard InChI is InChI=1S/C20H24N2O3/c1-3-13-12-22(24)9-7-14(13)10-19(22)20(23)16-6-8-21-18-5-4-15(25-2)11-17(16)18/h3-6,8,11,13-14,19-20,23H,1,7,9-10,12H2,2H3. The molecule has 4 heterocycles. The zero-order valence-corrected chi connectivity index (χ0v) is 14.5. The summed E-state index contributed by atoms with van der Waals surface area (Å²) in [6.07, 6.45) is 4.49. The summed E-state index contributed by atoms with van der Waals surface area (Å²) in [6, 6.07) is 7.12. The summed E-state index contributed by atoms with van der Waals surface area (Å²) < 4.78 is 5.00. The van der Waals surface area contributed by atoms with Crippen molar-refractivity contribution < 1.29 is 14.5 Å². The van der Waals surface area contributed by atoms with E-state index in [-0.39, 0.29) is 16.6 Å². The summed E-state index contributed by atoms with van der Waals surface area (Å²) >= 11 is 0. The van der Waals surface area contributed by atoms with Crippen molar-refractivity contribution in [1.82, 2.24) is 4.98 Å². The van der Waals surface area contributed by atoms with Gasteiger partial charge in [0.1, 0.15) is 17.9 Å². The van der Waals surface area contributed by atoms with Crippen LogP contribution in [0.5, 0.6) is 5.75 Å². The van der Waals surface area contributed by atoms with Crippen LogP contribution < -0.4 is 4.74 Å². The van der Waals surface area contributed by atoms with Gasteiger partial charge in [0.25, 0.3) is 0 Å². The van der Waals surface area contributed by atoms with Crippen molar-refractivity contribution in [2.24, 2.45) is 11.8 Å². The van der Waals surface area contributed by atoms with Crippen LogP contribution in [0, 0.1) is 17.0 Å². The van der Waals surface area contributed by atoms with Gasteiger partial charge in [-0.25, -0.2) is 0 Å². The van der Waals surface area contributed by atoms with Crippen LogP contribution in [-0.2, 0) is 0 Å². The quantitative estimate of drug-likeness (QED) is 0.527. The Morgan fingerprint density at radius 2 is 2.28 bits per heavy atom. The van der Waals surface area contributed by atoms with E-state index in [0.29, 0.717) is 19.0 Å². The van der Waals surface area contributed by atoms with Gasteiger partial charge in [-0.1, -0.05) is 6.08 Å². The van der Waals surface area contributed by atoms with Crippen molar-refractivity contribution in [2.75, 3.05) is 20.2 Å². The second kappa shape index (κ2) is 6.09. The second-order valence-electron chi connectivity index (χ2n) is 7.34. The molecule has 0 spiro atoms. The Kier molecular flexibility index (Phi) is 4.02. The molecule has 0 radical (unpaired) electrons. The Labute approximate surface area is 147 Å². The van der Waals surface area contributed by atoms with Crippen molar-refractivity contribution in [3.05, 3.63) is 53.9 Å². The molecule has 0 aliphatic carbocycles. The predicted octanol–water partition coefficient (Wildman–Crippen LogP) is 3.19. The first kappa shape index (κ1) is 16.5. The van der Waals surface area contributed by atoms with E-state index < -0.39 is 6.10 Å². The Morgan fingerprint density at radius 3 is 3.00 bits per heavy atom. The Morgan fingerprint density at radius 1 is 1.44 bits per heavy atom. The Hall–Kier alpha value is -1.95. The molecule has 3 aliphatic rings. The number of nitrogens with zero attached hydrogens (tertiary/aromatic N) is 2. The van der Waals surface area contributed by atoms with E-state index >= 15 is 0 Å². The number of aliphatic hydroxyl groups is 1. The van der Waals surface area contributed by atoms with E-state index in [4.69, 9.17) is 4.74 Å². The van der Waals surface area contributed by atoms with E-state index in [1.807, 2.05) is 30.3 Å². The number of ether oxygens (including phenoxy) is 1. The molecule has 5 rings (SSSR count). The average molecular weight is 340 g/mol. The maximum absolute atomic E-state index is 13.4. The van der Waals surface area contributed by atoms with E-state index in [0.717, 1.165) is 35.1 Å². The van der Waals surface area contributed by atoms with Gasteiger partial charge in [-0.2, -0.15) is 0 Å². The molecule has 1 aromatic heterocycles. The number of methoxy groups -OCH3 is 1. The minimum atomic E-state index is -0.802. The van der Waals surface area contributed by atoms with Crippen molar-refractivity contribution in [3.63, 3.8) is 0 Å². The number of hydrogen-bond donors (Lipinski definition) is 1. The lowest BCUT2D eigenvalue weighted by molar-refractivity contribution is -0.929. The van der Waals surface area contributed by atoms with Crippen LogP contribution in [0.4, 0.5) is 0 Å². The molecule has 132 valence electrons. The van der Waals surface area contributed by atoms with Crippen molar-refractivity contribution >= 4 is 10.9 Å². The molecule has 3 saturated heterocycles. The number of hydroxylamine groups is 3. The van der Waals surface area contributed by atoms with Gasteiger partial charge in [0.15, 0.2) is 0 Å². The van der Waals surface area contributed by atoms with Crippen molar-refractivity contribution in [2.45, 2.75) is 25.0 Å². The van der Waals surface area contributed by atoms with E-state index in [1.165, 1.54) is 0 Å². The van der Waals surface area contributed by atoms with Gasteiger partial charge in [0.05, 0.1) is 25.7 Å². The third kappa shape index (κ3) is 2.63. The maximum atomic E-state index is 13.4. The number of quaternary nitrogens is 1. The molecule has 3 aliphatic heterocycles. The molecule has 5 heteroatoms. The summed E-state index contributed by atoms with van der Waals surface area (Å²) in [4.78, 5) is 4.37. The van der Waals surface area contributed by atoms with Gasteiger partial charge in [-0.05, 0) is 35.7 Å². The van der Waals surface area contributed by atoms with Gasteiger partial charge in [-0.15, -0.1) is 6.58 Å². The molecule has 2 aromatic rings. The molecule has 5 unspecified atom stereocenters. The zero-order valence-electron chi connectivity index (χ0n) is 14.5. The lowest BCUT2D eigenvalue weighted by Crippen LogP contribution is -2.64. The van der Waals surface area contributed by atoms with Crippen LogP contribution in [0.25, 0.3) is 10.9 Å². The first-order valence-electron chi connectivity index (χ1n) is 8.87. The topological polar surface area (TPSA) is 65.4 Å². The second-order valence-corrected chi connectivity index (χ2v) is 7.34. The molecule has 0 saturated carbocycles. The molecule has 1 N–H and O–H groups in total. The number of pyridine rings is 1. The Bertz CT molecular complexity index is 809. The zero-order chi connectivity index (χ0) is 17.6. The molecule has 5 atom stereocenters. The molecule has 0 amide bonds. The number of fused-ring (bicyclic) bond motifs is 4. The minimum Gasteiger partial charge on any atom is -0.632 e. The molecule has 1 aromatic carbocycles. The average Bonchev–Trinajstić information content (AvgIpc) is 2.66. The third-order valence-electron chi connectivity index (χ3n) is 6.12. The summed E-state index contributed by atoms with van der Waals surface area (Å²) in [7, 11) is 1.62. The molecule has 3 fully saturated rings. The number of aliphatic hydroxyl groups excluding tert-OH is 1. The van der Waals surface area contributed by atoms with Crippen molar-refractivity contribution in [3.8, 4) is 5.75 Å². The highest BCUT2D eigenvalue weighted by Crippen LogP contribution is 2.46. The number of hydrogen-bond acceptors (Lipinski definition) is 4. The number of piperidine rings is 3. The smallest absolute Gasteiger partial charge is 0.132 e. The fourth-order valence-electron chi connectivity index (χ4n) is 4.68. The SMILES string of the molecule is C=CC1C[N+]2([O-])CCC1CC2C(O)c1ccnc2ccc(OC)cc12. The van der Waals surface area contributed by atoms with Gasteiger partial charge in [0, 0.05) is 30.3 Å². The highest BCUT2D eigenvalue weighted by atomic mass is 16.6. The van der Waals surface area contributed by atoms with Gasteiger partial charge >= 0.3 is 0 Å². The van der Waals surface area contributed by atoms with Crippen LogP contribution in [0.3, 0.4) is 0 Å². The largest absolute Gasteiger partial charge is 0.632 e. The van der Waals surface area contributed by atoms with E-state index in [2.05, 4.69) is 11.6 Å². The molecule has 2 bridgehead atoms. The predicted molar refractivity (Wildman–Crippen MR) is 96.8 cm³/mol. The summed E-state index contributed by atoms with van der Waals surface area (Å²) in [5, 5.41) is 25.4. The van der Waals surface area contributed by atoms with Crippen LogP contribution in [0.15, 0.2) is 43.1 Å². The highest BCUT2D eigenvalue weighted by Gasteiger charge is 2.49. The fraction of sp³-hybridized carbons (Fsp3) is 0.450. The maximum Gasteiger partial charge on any atom is 0.132 e. The van der Waals surface area contributed by atoms with E-state index in [9.17, 15) is 10.3 Å². The first-order chi connectivity index (χ1) is 12.1. The summed E-state index contributed by atoms with van der Waals surface area (Å²) in [6.45, 7) is 5.01. The fourth-order valence-corrected chi connectivity index (χ4v) is 4.68. The number of rotatable bonds is 4. The normalized spacial score (nSPS) is 32.5. The van der Waals surface area contributed by atoms with Gasteiger partial charge < -0.3 is 19.7 Å². The lowest BCUT2D eigenvalue weighted by atomic mass is 9.73. The van der Waals surface area contributed by atoms with Crippen LogP contribution in [0.1, 0.15) is 24.5 Å².